The summed E-state index contributed by atoms with van der Waals surface area (Å²) in [5, 5.41) is 6.91. The van der Waals surface area contributed by atoms with Crippen molar-refractivity contribution >= 4 is 17.7 Å². The van der Waals surface area contributed by atoms with Gasteiger partial charge in [-0.2, -0.15) is 13.2 Å². The highest BCUT2D eigenvalue weighted by molar-refractivity contribution is 8.04. The standard InChI is InChI=1S/C20H26N2OS.C2H3F3.C2H4/c1-12-11-17(16-6-7-16)8-9-18(12)20(23)21-13(2)5-10-19-14(3)22-15(4)24-19;1-2(3,4)5;1-2/h5,8-11,14-16,22H,6-7H2,1-4H3,(H,21,23);1H3;1-2H2/b13-5+,19-10+;;. The average molecular weight is 455 g/mol. The average Bonchev–Trinajstić information content (AvgIpc) is 3.45. The minimum atomic E-state index is -4.00. The Hall–Kier alpha value is -1.99. The molecule has 0 spiro atoms. The van der Waals surface area contributed by atoms with Crippen LogP contribution in [-0.4, -0.2) is 23.5 Å². The van der Waals surface area contributed by atoms with Crippen LogP contribution in [0.5, 0.6) is 0 Å². The summed E-state index contributed by atoms with van der Waals surface area (Å²) in [6.45, 7) is 14.5. The second kappa shape index (κ2) is 12.2. The maximum Gasteiger partial charge on any atom is 0.386 e. The quantitative estimate of drug-likeness (QED) is 0.490. The Bertz CT molecular complexity index is 808. The summed E-state index contributed by atoms with van der Waals surface area (Å²) in [6, 6.07) is 6.61. The molecule has 2 aliphatic rings. The molecule has 3 rings (SSSR count). The molecule has 1 saturated heterocycles. The van der Waals surface area contributed by atoms with Crippen molar-refractivity contribution in [1.29, 1.82) is 0 Å². The van der Waals surface area contributed by atoms with Crippen LogP contribution in [0.25, 0.3) is 0 Å². The molecular formula is C24H33F3N2OS. The fourth-order valence-corrected chi connectivity index (χ4v) is 4.16. The molecule has 7 heteroatoms. The molecule has 0 bridgehead atoms. The lowest BCUT2D eigenvalue weighted by atomic mass is 10.0. The van der Waals surface area contributed by atoms with E-state index < -0.39 is 6.18 Å². The predicted octanol–water partition coefficient (Wildman–Crippen LogP) is 6.83. The Balaban J connectivity index is 0.000000605. The normalized spacial score (nSPS) is 22.2. The zero-order valence-corrected chi connectivity index (χ0v) is 19.7. The summed E-state index contributed by atoms with van der Waals surface area (Å²) < 4.78 is 31.1. The van der Waals surface area contributed by atoms with Gasteiger partial charge in [0.1, 0.15) is 0 Å². The number of hydrogen-bond donors (Lipinski definition) is 2. The fraction of sp³-hybridized carbons (Fsp3) is 0.458. The summed E-state index contributed by atoms with van der Waals surface area (Å²) in [6.07, 6.45) is 2.66. The number of nitrogens with one attached hydrogen (secondary N) is 2. The SMILES string of the molecule is C/C(=C\C=C1\SC(C)NC1C)NC(=O)c1ccc(C2CC2)cc1C.C=C.CC(F)(F)F. The first-order chi connectivity index (χ1) is 14.4. The minimum Gasteiger partial charge on any atom is -0.326 e. The molecule has 2 fully saturated rings. The van der Waals surface area contributed by atoms with Gasteiger partial charge in [-0.25, -0.2) is 0 Å². The number of hydrogen-bond acceptors (Lipinski definition) is 3. The van der Waals surface area contributed by atoms with Crippen molar-refractivity contribution in [1.82, 2.24) is 10.6 Å². The van der Waals surface area contributed by atoms with Gasteiger partial charge in [0.15, 0.2) is 0 Å². The Morgan fingerprint density at radius 1 is 1.26 bits per heavy atom. The first-order valence-corrected chi connectivity index (χ1v) is 11.1. The van der Waals surface area contributed by atoms with E-state index in [2.05, 4.69) is 55.8 Å². The van der Waals surface area contributed by atoms with E-state index in [1.807, 2.05) is 37.8 Å². The molecule has 1 aliphatic heterocycles. The van der Waals surface area contributed by atoms with E-state index in [1.165, 1.54) is 23.3 Å². The van der Waals surface area contributed by atoms with Crippen molar-refractivity contribution in [2.24, 2.45) is 0 Å². The van der Waals surface area contributed by atoms with Crippen molar-refractivity contribution in [2.45, 2.75) is 71.0 Å². The van der Waals surface area contributed by atoms with E-state index in [9.17, 15) is 18.0 Å². The van der Waals surface area contributed by atoms with Crippen LogP contribution >= 0.6 is 11.8 Å². The summed E-state index contributed by atoms with van der Waals surface area (Å²) in [7, 11) is 0. The molecule has 0 radical (unpaired) electrons. The maximum atomic E-state index is 12.5. The third kappa shape index (κ3) is 10.2. The molecule has 1 aromatic carbocycles. The molecule has 0 aromatic heterocycles. The van der Waals surface area contributed by atoms with Crippen LogP contribution in [0.15, 0.2) is 54.1 Å². The minimum absolute atomic E-state index is 0.0272. The highest BCUT2D eigenvalue weighted by atomic mass is 32.2. The number of allylic oxidation sites excluding steroid dienone is 3. The summed E-state index contributed by atoms with van der Waals surface area (Å²) >= 11 is 1.84. The van der Waals surface area contributed by atoms with Gasteiger partial charge in [0, 0.05) is 29.1 Å². The monoisotopic (exact) mass is 454 g/mol. The number of benzene rings is 1. The topological polar surface area (TPSA) is 41.1 Å². The molecule has 2 unspecified atom stereocenters. The van der Waals surface area contributed by atoms with Crippen LogP contribution in [-0.2, 0) is 0 Å². The Labute approximate surface area is 188 Å². The second-order valence-electron chi connectivity index (χ2n) is 7.65. The molecular weight excluding hydrogens is 421 g/mol. The van der Waals surface area contributed by atoms with Crippen molar-refractivity contribution in [3.05, 3.63) is 70.8 Å². The summed E-state index contributed by atoms with van der Waals surface area (Å²) in [4.78, 5) is 13.8. The van der Waals surface area contributed by atoms with E-state index in [0.29, 0.717) is 11.4 Å². The van der Waals surface area contributed by atoms with Gasteiger partial charge in [0.2, 0.25) is 0 Å². The van der Waals surface area contributed by atoms with Crippen LogP contribution < -0.4 is 10.6 Å². The first-order valence-electron chi connectivity index (χ1n) is 10.2. The highest BCUT2D eigenvalue weighted by Crippen LogP contribution is 2.40. The summed E-state index contributed by atoms with van der Waals surface area (Å²) in [5.74, 6) is 0.691. The van der Waals surface area contributed by atoms with E-state index in [1.54, 1.807) is 0 Å². The molecule has 1 aromatic rings. The van der Waals surface area contributed by atoms with Crippen LogP contribution in [0, 0.1) is 6.92 Å². The number of rotatable bonds is 4. The number of amides is 1. The molecule has 172 valence electrons. The zero-order valence-electron chi connectivity index (χ0n) is 18.9. The largest absolute Gasteiger partial charge is 0.386 e. The number of aryl methyl sites for hydroxylation is 1. The Kier molecular flexibility index (Phi) is 10.6. The van der Waals surface area contributed by atoms with Gasteiger partial charge in [0.25, 0.3) is 5.91 Å². The smallest absolute Gasteiger partial charge is 0.326 e. The van der Waals surface area contributed by atoms with Gasteiger partial charge in [0.05, 0.1) is 5.37 Å². The Morgan fingerprint density at radius 2 is 1.84 bits per heavy atom. The molecule has 2 atom stereocenters. The van der Waals surface area contributed by atoms with E-state index in [0.717, 1.165) is 22.7 Å². The van der Waals surface area contributed by atoms with Crippen molar-refractivity contribution in [2.75, 3.05) is 0 Å². The lowest BCUT2D eigenvalue weighted by Crippen LogP contribution is -2.24. The fourth-order valence-electron chi connectivity index (χ4n) is 3.07. The maximum absolute atomic E-state index is 12.5. The van der Waals surface area contributed by atoms with Gasteiger partial charge < -0.3 is 5.32 Å². The van der Waals surface area contributed by atoms with Crippen molar-refractivity contribution in [3.8, 4) is 0 Å². The van der Waals surface area contributed by atoms with Crippen molar-refractivity contribution < 1.29 is 18.0 Å². The zero-order chi connectivity index (χ0) is 23.8. The van der Waals surface area contributed by atoms with Gasteiger partial charge in [-0.1, -0.05) is 12.1 Å². The van der Waals surface area contributed by atoms with Gasteiger partial charge in [-0.3, -0.25) is 10.1 Å². The molecule has 3 nitrogen and oxygen atoms in total. The number of carbonyl (C=O) groups is 1. The molecule has 1 saturated carbocycles. The molecule has 1 aliphatic carbocycles. The lowest BCUT2D eigenvalue weighted by molar-refractivity contribution is -0.110. The number of alkyl halides is 3. The van der Waals surface area contributed by atoms with E-state index in [4.69, 9.17) is 0 Å². The van der Waals surface area contributed by atoms with E-state index >= 15 is 0 Å². The van der Waals surface area contributed by atoms with E-state index in [-0.39, 0.29) is 12.8 Å². The van der Waals surface area contributed by atoms with Crippen LogP contribution in [0.4, 0.5) is 13.2 Å². The van der Waals surface area contributed by atoms with Gasteiger partial charge in [-0.15, -0.1) is 24.9 Å². The van der Waals surface area contributed by atoms with Gasteiger partial charge in [-0.05, 0) is 75.8 Å². The van der Waals surface area contributed by atoms with Crippen molar-refractivity contribution in [3.63, 3.8) is 0 Å². The number of halogens is 3. The highest BCUT2D eigenvalue weighted by Gasteiger charge is 2.24. The molecule has 2 N–H and O–H groups in total. The molecule has 1 amide bonds. The molecule has 31 heavy (non-hydrogen) atoms. The third-order valence-corrected chi connectivity index (χ3v) is 5.83. The lowest BCUT2D eigenvalue weighted by Gasteiger charge is -2.09. The van der Waals surface area contributed by atoms with Crippen LogP contribution in [0.2, 0.25) is 0 Å². The predicted molar refractivity (Wildman–Crippen MR) is 125 cm³/mol. The Morgan fingerprint density at radius 3 is 2.29 bits per heavy atom. The molecule has 1 heterocycles. The summed E-state index contributed by atoms with van der Waals surface area (Å²) in [5.41, 5.74) is 4.06. The van der Waals surface area contributed by atoms with Crippen LogP contribution in [0.3, 0.4) is 0 Å². The second-order valence-corrected chi connectivity index (χ2v) is 9.07. The number of thioether (sulfide) groups is 1. The first kappa shape index (κ1) is 27.0. The van der Waals surface area contributed by atoms with Crippen LogP contribution in [0.1, 0.15) is 67.9 Å². The van der Waals surface area contributed by atoms with Gasteiger partial charge >= 0.3 is 6.18 Å². The third-order valence-electron chi connectivity index (χ3n) is 4.58. The number of carbonyl (C=O) groups excluding carboxylic acids is 1.